The predicted octanol–water partition coefficient (Wildman–Crippen LogP) is 3.64. The molecule has 0 saturated carbocycles. The summed E-state index contributed by atoms with van der Waals surface area (Å²) in [6.45, 7) is 4.28. The lowest BCUT2D eigenvalue weighted by molar-refractivity contribution is 0.911. The lowest BCUT2D eigenvalue weighted by atomic mass is 10.1. The fraction of sp³-hybridized carbons (Fsp3) is 0.133. The molecule has 2 nitrogen and oxygen atoms in total. The van der Waals surface area contributed by atoms with Crippen molar-refractivity contribution in [1.29, 1.82) is 0 Å². The third-order valence-corrected chi connectivity index (χ3v) is 3.29. The summed E-state index contributed by atoms with van der Waals surface area (Å²) < 4.78 is 1.99. The second-order valence-electron chi connectivity index (χ2n) is 4.33. The minimum atomic E-state index is 1.10. The topological polar surface area (TPSA) is 17.8 Å². The second kappa shape index (κ2) is 3.74. The first-order valence-corrected chi connectivity index (χ1v) is 5.77. The van der Waals surface area contributed by atoms with Gasteiger partial charge in [-0.05, 0) is 43.2 Å². The van der Waals surface area contributed by atoms with Crippen LogP contribution in [0, 0.1) is 13.8 Å². The van der Waals surface area contributed by atoms with Gasteiger partial charge in [-0.25, -0.2) is 4.68 Å². The zero-order chi connectivity index (χ0) is 11.8. The molecule has 0 unspecified atom stereocenters. The van der Waals surface area contributed by atoms with E-state index in [-0.39, 0.29) is 0 Å². The lowest BCUT2D eigenvalue weighted by Gasteiger charge is -2.05. The van der Waals surface area contributed by atoms with Gasteiger partial charge in [0.25, 0.3) is 0 Å². The van der Waals surface area contributed by atoms with Crippen LogP contribution in [0.15, 0.2) is 48.7 Å². The number of aromatic nitrogens is 2. The molecular weight excluding hydrogens is 208 g/mol. The van der Waals surface area contributed by atoms with Crippen LogP contribution >= 0.6 is 0 Å². The van der Waals surface area contributed by atoms with Crippen molar-refractivity contribution >= 4 is 10.9 Å². The van der Waals surface area contributed by atoms with Gasteiger partial charge < -0.3 is 0 Å². The third kappa shape index (κ3) is 1.53. The van der Waals surface area contributed by atoms with Gasteiger partial charge >= 0.3 is 0 Å². The molecular formula is C15H14N2. The van der Waals surface area contributed by atoms with E-state index in [1.165, 1.54) is 22.0 Å². The number of aryl methyl sites for hydroxylation is 2. The van der Waals surface area contributed by atoms with Crippen LogP contribution in [-0.4, -0.2) is 9.78 Å². The van der Waals surface area contributed by atoms with E-state index in [4.69, 9.17) is 0 Å². The van der Waals surface area contributed by atoms with Crippen LogP contribution < -0.4 is 0 Å². The van der Waals surface area contributed by atoms with Crippen LogP contribution in [0.4, 0.5) is 0 Å². The minimum Gasteiger partial charge on any atom is -0.233 e. The number of fused-ring (bicyclic) bond motifs is 1. The molecule has 0 N–H and O–H groups in total. The highest BCUT2D eigenvalue weighted by Gasteiger charge is 2.07. The number of hydrogen-bond acceptors (Lipinski definition) is 1. The van der Waals surface area contributed by atoms with Gasteiger partial charge in [0.15, 0.2) is 0 Å². The second-order valence-corrected chi connectivity index (χ2v) is 4.33. The normalized spacial score (nSPS) is 10.9. The molecule has 84 valence electrons. The number of para-hydroxylation sites is 1. The molecule has 0 bridgehead atoms. The summed E-state index contributed by atoms with van der Waals surface area (Å²) in [5.41, 5.74) is 4.89. The Bertz CT molecular complexity index is 666. The summed E-state index contributed by atoms with van der Waals surface area (Å²) >= 11 is 0. The van der Waals surface area contributed by atoms with Crippen molar-refractivity contribution in [3.8, 4) is 5.69 Å². The Morgan fingerprint density at radius 1 is 0.941 bits per heavy atom. The Balaban J connectivity index is 2.30. The Hall–Kier alpha value is -2.09. The molecule has 3 aromatic rings. The molecule has 2 heteroatoms. The molecule has 0 fully saturated rings. The van der Waals surface area contributed by atoms with Crippen molar-refractivity contribution < 1.29 is 0 Å². The van der Waals surface area contributed by atoms with Crippen LogP contribution in [0.25, 0.3) is 16.6 Å². The Kier molecular flexibility index (Phi) is 2.22. The molecule has 1 aromatic heterocycles. The van der Waals surface area contributed by atoms with Gasteiger partial charge in [0.05, 0.1) is 17.4 Å². The van der Waals surface area contributed by atoms with E-state index in [0.29, 0.717) is 0 Å². The van der Waals surface area contributed by atoms with Crippen LogP contribution in [0.1, 0.15) is 11.1 Å². The van der Waals surface area contributed by atoms with Crippen molar-refractivity contribution in [2.75, 3.05) is 0 Å². The van der Waals surface area contributed by atoms with Gasteiger partial charge in [-0.15, -0.1) is 0 Å². The molecule has 0 aliphatic heterocycles. The van der Waals surface area contributed by atoms with Gasteiger partial charge in [-0.1, -0.05) is 24.3 Å². The number of benzene rings is 2. The Morgan fingerprint density at radius 3 is 2.47 bits per heavy atom. The summed E-state index contributed by atoms with van der Waals surface area (Å²) in [5.74, 6) is 0. The molecule has 0 aliphatic carbocycles. The van der Waals surface area contributed by atoms with Crippen LogP contribution in [-0.2, 0) is 0 Å². The monoisotopic (exact) mass is 222 g/mol. The van der Waals surface area contributed by atoms with Crippen LogP contribution in [0.5, 0.6) is 0 Å². The van der Waals surface area contributed by atoms with Crippen molar-refractivity contribution in [2.45, 2.75) is 13.8 Å². The van der Waals surface area contributed by atoms with Crippen LogP contribution in [0.2, 0.25) is 0 Å². The molecule has 1 heterocycles. The Morgan fingerprint density at radius 2 is 1.71 bits per heavy atom. The molecule has 0 atom stereocenters. The van der Waals surface area contributed by atoms with Gasteiger partial charge in [0.1, 0.15) is 0 Å². The van der Waals surface area contributed by atoms with Crippen molar-refractivity contribution in [3.63, 3.8) is 0 Å². The van der Waals surface area contributed by atoms with E-state index in [0.717, 1.165) is 5.69 Å². The molecule has 0 spiro atoms. The molecule has 2 aromatic carbocycles. The highest BCUT2D eigenvalue weighted by Crippen LogP contribution is 2.23. The van der Waals surface area contributed by atoms with E-state index >= 15 is 0 Å². The Labute approximate surface area is 101 Å². The largest absolute Gasteiger partial charge is 0.233 e. The number of nitrogens with zero attached hydrogens (tertiary/aromatic N) is 2. The van der Waals surface area contributed by atoms with Crippen molar-refractivity contribution in [2.24, 2.45) is 0 Å². The minimum absolute atomic E-state index is 1.10. The zero-order valence-corrected chi connectivity index (χ0v) is 10.0. The van der Waals surface area contributed by atoms with Gasteiger partial charge in [-0.3, -0.25) is 0 Å². The molecule has 17 heavy (non-hydrogen) atoms. The molecule has 3 rings (SSSR count). The predicted molar refractivity (Wildman–Crippen MR) is 70.5 cm³/mol. The lowest BCUT2D eigenvalue weighted by Crippen LogP contribution is -1.95. The van der Waals surface area contributed by atoms with E-state index in [9.17, 15) is 0 Å². The molecule has 0 saturated heterocycles. The first-order chi connectivity index (χ1) is 8.27. The zero-order valence-electron chi connectivity index (χ0n) is 10.0. The van der Waals surface area contributed by atoms with Gasteiger partial charge in [-0.2, -0.15) is 5.10 Å². The van der Waals surface area contributed by atoms with E-state index in [2.05, 4.69) is 43.2 Å². The summed E-state index contributed by atoms with van der Waals surface area (Å²) in [6, 6.07) is 14.5. The maximum atomic E-state index is 4.48. The first-order valence-electron chi connectivity index (χ1n) is 5.77. The quantitative estimate of drug-likeness (QED) is 0.614. The summed E-state index contributed by atoms with van der Waals surface area (Å²) in [7, 11) is 0. The maximum Gasteiger partial charge on any atom is 0.0743 e. The molecule has 0 aliphatic rings. The van der Waals surface area contributed by atoms with Crippen molar-refractivity contribution in [1.82, 2.24) is 9.78 Å². The molecule has 0 radical (unpaired) electrons. The maximum absolute atomic E-state index is 4.48. The van der Waals surface area contributed by atoms with Crippen molar-refractivity contribution in [3.05, 3.63) is 59.8 Å². The smallest absolute Gasteiger partial charge is 0.0743 e. The summed E-state index contributed by atoms with van der Waals surface area (Å²) in [4.78, 5) is 0. The highest BCUT2D eigenvalue weighted by molar-refractivity contribution is 5.84. The van der Waals surface area contributed by atoms with E-state index in [1.54, 1.807) is 0 Å². The highest BCUT2D eigenvalue weighted by atomic mass is 15.3. The van der Waals surface area contributed by atoms with E-state index < -0.39 is 0 Å². The van der Waals surface area contributed by atoms with Gasteiger partial charge in [0, 0.05) is 5.39 Å². The average Bonchev–Trinajstić information content (AvgIpc) is 2.79. The molecule has 0 amide bonds. The summed E-state index contributed by atoms with van der Waals surface area (Å²) in [6.07, 6.45) is 1.95. The standard InChI is InChI=1S/C15H14N2/c1-11-8-9-15-14(12(11)2)10-16-17(15)13-6-4-3-5-7-13/h3-10H,1-2H3. The number of rotatable bonds is 1. The first kappa shape index (κ1) is 10.1. The van der Waals surface area contributed by atoms with Crippen LogP contribution in [0.3, 0.4) is 0 Å². The van der Waals surface area contributed by atoms with Gasteiger partial charge in [0.2, 0.25) is 0 Å². The van der Waals surface area contributed by atoms with E-state index in [1.807, 2.05) is 29.1 Å². The SMILES string of the molecule is Cc1ccc2c(cnn2-c2ccccc2)c1C. The fourth-order valence-electron chi connectivity index (χ4n) is 2.12. The average molecular weight is 222 g/mol. The third-order valence-electron chi connectivity index (χ3n) is 3.29. The fourth-order valence-corrected chi connectivity index (χ4v) is 2.12. The summed E-state index contributed by atoms with van der Waals surface area (Å²) in [5, 5.41) is 5.71. The number of hydrogen-bond donors (Lipinski definition) is 0.